The Kier molecular flexibility index (Phi) is 11.8. The van der Waals surface area contributed by atoms with Crippen LogP contribution in [0.25, 0.3) is 10.9 Å². The number of nitrogens with two attached hydrogens (primary N) is 1. The number of hydrogen-bond acceptors (Lipinski definition) is 8. The molecule has 14 heteroatoms. The summed E-state index contributed by atoms with van der Waals surface area (Å²) in [6.07, 6.45) is 3.09. The molecule has 202 valence electrons. The van der Waals surface area contributed by atoms with Gasteiger partial charge in [0.05, 0.1) is 12.5 Å². The van der Waals surface area contributed by atoms with Crippen molar-refractivity contribution in [3.63, 3.8) is 0 Å². The Hall–Kier alpha value is -3.23. The van der Waals surface area contributed by atoms with E-state index in [0.29, 0.717) is 11.3 Å². The molecular formula is C23H31N5O7S2. The van der Waals surface area contributed by atoms with Gasteiger partial charge in [0, 0.05) is 29.3 Å². The van der Waals surface area contributed by atoms with Crippen molar-refractivity contribution in [1.82, 2.24) is 20.9 Å². The van der Waals surface area contributed by atoms with Crippen LogP contribution in [0, 0.1) is 0 Å². The van der Waals surface area contributed by atoms with Crippen LogP contribution in [-0.2, 0) is 30.4 Å². The maximum atomic E-state index is 13.1. The van der Waals surface area contributed by atoms with Crippen LogP contribution in [0.3, 0.4) is 0 Å². The quantitative estimate of drug-likeness (QED) is 0.137. The molecule has 2 rings (SSSR count). The summed E-state index contributed by atoms with van der Waals surface area (Å²) in [5.74, 6) is -4.46. The average Bonchev–Trinajstić information content (AvgIpc) is 3.26. The maximum absolute atomic E-state index is 13.1. The predicted octanol–water partition coefficient (Wildman–Crippen LogP) is -0.266. The largest absolute Gasteiger partial charge is 0.481 e. The topological polar surface area (TPSA) is 204 Å². The number of carboxylic acid groups (broad SMARTS) is 2. The van der Waals surface area contributed by atoms with E-state index >= 15 is 0 Å². The van der Waals surface area contributed by atoms with Crippen LogP contribution >= 0.6 is 24.4 Å². The molecule has 0 saturated carbocycles. The van der Waals surface area contributed by atoms with Gasteiger partial charge in [-0.05, 0) is 30.1 Å². The minimum absolute atomic E-state index is 0.0189. The second kappa shape index (κ2) is 14.5. The fourth-order valence-electron chi connectivity index (χ4n) is 3.52. The molecule has 0 fully saturated rings. The molecule has 0 saturated heterocycles. The maximum Gasteiger partial charge on any atom is 0.326 e. The summed E-state index contributed by atoms with van der Waals surface area (Å²) >= 11 is 5.49. The van der Waals surface area contributed by atoms with Gasteiger partial charge in [-0.15, -0.1) is 0 Å². The van der Waals surface area contributed by atoms with Gasteiger partial charge in [-0.25, -0.2) is 4.79 Å². The Bertz CT molecular complexity index is 1130. The second-order valence-corrected chi connectivity index (χ2v) is 9.60. The molecule has 0 aliphatic rings. The number of thiol groups is 1. The summed E-state index contributed by atoms with van der Waals surface area (Å²) in [5, 5.41) is 26.7. The van der Waals surface area contributed by atoms with Crippen LogP contribution in [0.15, 0.2) is 30.5 Å². The molecule has 0 bridgehead atoms. The SMILES string of the molecule is CSCCC(NC(=O)C(CS)NC(=O)C(N)CC(=O)O)C(=O)NC(Cc1c[nH]c2ccccc12)C(=O)O. The second-order valence-electron chi connectivity index (χ2n) is 8.25. The fourth-order valence-corrected chi connectivity index (χ4v) is 4.25. The molecule has 0 radical (unpaired) electrons. The lowest BCUT2D eigenvalue weighted by Crippen LogP contribution is -2.58. The highest BCUT2D eigenvalue weighted by atomic mass is 32.2. The summed E-state index contributed by atoms with van der Waals surface area (Å²) in [5.41, 5.74) is 7.08. The highest BCUT2D eigenvalue weighted by Crippen LogP contribution is 2.19. The van der Waals surface area contributed by atoms with Crippen molar-refractivity contribution >= 4 is 65.0 Å². The van der Waals surface area contributed by atoms with Gasteiger partial charge in [0.25, 0.3) is 0 Å². The number of aliphatic carboxylic acids is 2. The third kappa shape index (κ3) is 8.98. The standard InChI is InChI=1S/C23H31N5O7S2/c1-37-7-6-16(26-22(33)18(11-36)28-20(31)14(24)9-19(29)30)21(32)27-17(23(34)35)8-12-10-25-15-5-3-2-4-13(12)15/h2-5,10,14,16-18,25,36H,6-9,11,24H2,1H3,(H,26,33)(H,27,32)(H,28,31)(H,29,30)(H,34,35). The van der Waals surface area contributed by atoms with E-state index < -0.39 is 60.2 Å². The van der Waals surface area contributed by atoms with Crippen molar-refractivity contribution in [3.8, 4) is 0 Å². The van der Waals surface area contributed by atoms with E-state index in [2.05, 4.69) is 33.6 Å². The van der Waals surface area contributed by atoms with Gasteiger partial charge in [-0.2, -0.15) is 24.4 Å². The smallest absolute Gasteiger partial charge is 0.326 e. The molecule has 12 nitrogen and oxygen atoms in total. The molecule has 4 unspecified atom stereocenters. The zero-order chi connectivity index (χ0) is 27.5. The molecule has 0 aliphatic carbocycles. The summed E-state index contributed by atoms with van der Waals surface area (Å²) in [6, 6.07) is 2.47. The van der Waals surface area contributed by atoms with Crippen LogP contribution in [-0.4, -0.2) is 86.8 Å². The number of aromatic nitrogens is 1. The third-order valence-electron chi connectivity index (χ3n) is 5.50. The average molecular weight is 554 g/mol. The number of fused-ring (bicyclic) bond motifs is 1. The molecule has 1 aromatic heterocycles. The number of aromatic amines is 1. The first-order valence-corrected chi connectivity index (χ1v) is 13.4. The number of hydrogen-bond donors (Lipinski definition) is 8. The number of H-pyrrole nitrogens is 1. The molecule has 1 heterocycles. The number of para-hydroxylation sites is 1. The molecule has 8 N–H and O–H groups in total. The van der Waals surface area contributed by atoms with Gasteiger partial charge >= 0.3 is 11.9 Å². The van der Waals surface area contributed by atoms with E-state index in [4.69, 9.17) is 10.8 Å². The van der Waals surface area contributed by atoms with E-state index in [1.165, 1.54) is 11.8 Å². The Morgan fingerprint density at radius 1 is 1.00 bits per heavy atom. The van der Waals surface area contributed by atoms with E-state index in [9.17, 15) is 29.1 Å². The molecular weight excluding hydrogens is 522 g/mol. The van der Waals surface area contributed by atoms with Crippen molar-refractivity contribution in [1.29, 1.82) is 0 Å². The number of carbonyl (C=O) groups is 5. The van der Waals surface area contributed by atoms with Crippen molar-refractivity contribution in [3.05, 3.63) is 36.0 Å². The number of benzene rings is 1. The van der Waals surface area contributed by atoms with E-state index in [1.54, 1.807) is 6.20 Å². The number of nitrogens with one attached hydrogen (secondary N) is 4. The lowest BCUT2D eigenvalue weighted by atomic mass is 10.0. The first kappa shape index (κ1) is 30.0. The van der Waals surface area contributed by atoms with E-state index in [-0.39, 0.29) is 18.6 Å². The van der Waals surface area contributed by atoms with Crippen molar-refractivity contribution in [2.24, 2.45) is 5.73 Å². The highest BCUT2D eigenvalue weighted by molar-refractivity contribution is 7.98. The summed E-state index contributed by atoms with van der Waals surface area (Å²) in [4.78, 5) is 63.8. The molecule has 0 spiro atoms. The number of carbonyl (C=O) groups excluding carboxylic acids is 3. The van der Waals surface area contributed by atoms with Crippen molar-refractivity contribution in [2.75, 3.05) is 17.8 Å². The Balaban J connectivity index is 2.10. The zero-order valence-corrected chi connectivity index (χ0v) is 21.8. The number of carboxylic acids is 2. The molecule has 4 atom stereocenters. The minimum atomic E-state index is -1.37. The van der Waals surface area contributed by atoms with Gasteiger partial charge in [-0.1, -0.05) is 18.2 Å². The first-order chi connectivity index (χ1) is 17.6. The third-order valence-corrected chi connectivity index (χ3v) is 6.51. The Labute approximate surface area is 222 Å². The van der Waals surface area contributed by atoms with Crippen LogP contribution in [0.5, 0.6) is 0 Å². The predicted molar refractivity (Wildman–Crippen MR) is 143 cm³/mol. The summed E-state index contributed by atoms with van der Waals surface area (Å²) < 4.78 is 0. The normalized spacial score (nSPS) is 14.2. The Morgan fingerprint density at radius 2 is 1.62 bits per heavy atom. The van der Waals surface area contributed by atoms with Crippen molar-refractivity contribution in [2.45, 2.75) is 43.4 Å². The molecule has 37 heavy (non-hydrogen) atoms. The minimum Gasteiger partial charge on any atom is -0.481 e. The van der Waals surface area contributed by atoms with Gasteiger partial charge in [-0.3, -0.25) is 19.2 Å². The lowest BCUT2D eigenvalue weighted by molar-refractivity contribution is -0.142. The summed E-state index contributed by atoms with van der Waals surface area (Å²) in [7, 11) is 0. The summed E-state index contributed by atoms with van der Waals surface area (Å²) in [6.45, 7) is 0. The van der Waals surface area contributed by atoms with Crippen LogP contribution in [0.4, 0.5) is 0 Å². The van der Waals surface area contributed by atoms with Crippen LogP contribution in [0.2, 0.25) is 0 Å². The number of thioether (sulfide) groups is 1. The van der Waals surface area contributed by atoms with Crippen LogP contribution in [0.1, 0.15) is 18.4 Å². The van der Waals surface area contributed by atoms with Gasteiger partial charge < -0.3 is 36.9 Å². The van der Waals surface area contributed by atoms with E-state index in [1.807, 2.05) is 30.5 Å². The monoisotopic (exact) mass is 553 g/mol. The molecule has 3 amide bonds. The highest BCUT2D eigenvalue weighted by Gasteiger charge is 2.30. The zero-order valence-electron chi connectivity index (χ0n) is 20.1. The van der Waals surface area contributed by atoms with Gasteiger partial charge in [0.2, 0.25) is 17.7 Å². The number of amides is 3. The fraction of sp³-hybridized carbons (Fsp3) is 0.435. The number of rotatable bonds is 15. The van der Waals surface area contributed by atoms with Crippen LogP contribution < -0.4 is 21.7 Å². The van der Waals surface area contributed by atoms with Gasteiger partial charge in [0.1, 0.15) is 18.1 Å². The van der Waals surface area contributed by atoms with Gasteiger partial charge in [0.15, 0.2) is 0 Å². The molecule has 0 aliphatic heterocycles. The Morgan fingerprint density at radius 3 is 2.24 bits per heavy atom. The molecule has 1 aromatic carbocycles. The lowest BCUT2D eigenvalue weighted by Gasteiger charge is -2.24. The molecule has 2 aromatic rings. The van der Waals surface area contributed by atoms with E-state index in [0.717, 1.165) is 10.9 Å². The first-order valence-electron chi connectivity index (χ1n) is 11.3. The van der Waals surface area contributed by atoms with Crippen molar-refractivity contribution < 1.29 is 34.2 Å².